The van der Waals surface area contributed by atoms with E-state index in [0.29, 0.717) is 42.0 Å². The van der Waals surface area contributed by atoms with Crippen molar-refractivity contribution >= 4 is 35.3 Å². The molecule has 1 atom stereocenters. The highest BCUT2D eigenvalue weighted by Crippen LogP contribution is 2.34. The van der Waals surface area contributed by atoms with E-state index in [2.05, 4.69) is 4.99 Å². The predicted molar refractivity (Wildman–Crippen MR) is 133 cm³/mol. The van der Waals surface area contributed by atoms with Gasteiger partial charge in [-0.05, 0) is 61.1 Å². The molecule has 1 aliphatic rings. The van der Waals surface area contributed by atoms with Gasteiger partial charge in [-0.15, -0.1) is 0 Å². The molecule has 0 radical (unpaired) electrons. The number of aryl methyl sites for hydroxylation is 2. The first-order valence-electron chi connectivity index (χ1n) is 11.8. The number of carboxylic acids is 2. The van der Waals surface area contributed by atoms with Crippen molar-refractivity contribution in [2.24, 2.45) is 22.4 Å². The van der Waals surface area contributed by atoms with Crippen LogP contribution in [0.25, 0.3) is 0 Å². The predicted octanol–water partition coefficient (Wildman–Crippen LogP) is 2.59. The maximum Gasteiger partial charge on any atom is 0.343 e. The van der Waals surface area contributed by atoms with Crippen molar-refractivity contribution in [1.29, 1.82) is 0 Å². The smallest absolute Gasteiger partial charge is 0.343 e. The lowest BCUT2D eigenvalue weighted by atomic mass is 9.95. The summed E-state index contributed by atoms with van der Waals surface area (Å²) in [6.07, 6.45) is 1.16. The fraction of sp³-hybridized carbons (Fsp3) is 0.346. The number of fused-ring (bicyclic) bond motifs is 2. The summed E-state index contributed by atoms with van der Waals surface area (Å²) < 4.78 is 11.6. The number of ether oxygens (including phenoxy) is 2. The lowest BCUT2D eigenvalue weighted by molar-refractivity contribution is -0.149. The molecule has 2 aromatic rings. The summed E-state index contributed by atoms with van der Waals surface area (Å²) in [5.41, 5.74) is 13.2. The molecule has 0 amide bonds. The number of benzene rings is 2. The van der Waals surface area contributed by atoms with Gasteiger partial charge in [0, 0.05) is 12.8 Å². The number of carbonyl (C=O) groups is 4. The first-order chi connectivity index (χ1) is 17.6. The number of nitrogens with two attached hydrogens (primary N) is 2. The molecule has 11 heteroatoms. The van der Waals surface area contributed by atoms with Crippen molar-refractivity contribution < 1.29 is 38.9 Å². The maximum atomic E-state index is 13.1. The fourth-order valence-electron chi connectivity index (χ4n) is 4.06. The van der Waals surface area contributed by atoms with E-state index in [0.717, 1.165) is 12.0 Å². The number of aliphatic carboxylic acids is 2. The Morgan fingerprint density at radius 2 is 1.84 bits per heavy atom. The highest BCUT2D eigenvalue weighted by atomic mass is 16.6. The number of esters is 1. The third-order valence-electron chi connectivity index (χ3n) is 5.83. The zero-order chi connectivity index (χ0) is 26.9. The zero-order valence-electron chi connectivity index (χ0n) is 20.1. The summed E-state index contributed by atoms with van der Waals surface area (Å²) in [5, 5.41) is 18.1. The number of carbonyl (C=O) groups excluding carboxylic acids is 2. The Bertz CT molecular complexity index is 1220. The van der Waals surface area contributed by atoms with E-state index in [1.54, 1.807) is 36.4 Å². The van der Waals surface area contributed by atoms with Crippen molar-refractivity contribution in [2.75, 3.05) is 6.61 Å². The minimum atomic E-state index is -1.33. The molecule has 0 bridgehead atoms. The summed E-state index contributed by atoms with van der Waals surface area (Å²) >= 11 is 0. The lowest BCUT2D eigenvalue weighted by Crippen LogP contribution is -2.22. The second-order valence-electron chi connectivity index (χ2n) is 8.69. The SMILES string of the molecule is NC(N)=Nc1ccc2c(c1)CCCCOc1c(CCC(=O)CC(CC(=O)O)C(=O)O)cccc1OC2=O. The minimum absolute atomic E-state index is 0.0203. The van der Waals surface area contributed by atoms with Gasteiger partial charge in [0.25, 0.3) is 0 Å². The quantitative estimate of drug-likeness (QED) is 0.168. The molecule has 1 aliphatic heterocycles. The van der Waals surface area contributed by atoms with E-state index in [-0.39, 0.29) is 36.8 Å². The van der Waals surface area contributed by atoms with E-state index in [4.69, 9.17) is 26.0 Å². The number of hydrogen-bond acceptors (Lipinski definition) is 7. The molecule has 0 aliphatic carbocycles. The largest absolute Gasteiger partial charge is 0.489 e. The molecule has 37 heavy (non-hydrogen) atoms. The molecule has 1 unspecified atom stereocenters. The van der Waals surface area contributed by atoms with Crippen molar-refractivity contribution in [2.45, 2.75) is 44.9 Å². The van der Waals surface area contributed by atoms with Crippen molar-refractivity contribution in [3.05, 3.63) is 53.1 Å². The molecule has 11 nitrogen and oxygen atoms in total. The highest BCUT2D eigenvalue weighted by molar-refractivity contribution is 5.94. The summed E-state index contributed by atoms with van der Waals surface area (Å²) in [7, 11) is 0. The molecule has 3 rings (SSSR count). The molecule has 6 N–H and O–H groups in total. The first kappa shape index (κ1) is 27.2. The highest BCUT2D eigenvalue weighted by Gasteiger charge is 2.25. The van der Waals surface area contributed by atoms with Crippen LogP contribution in [0.1, 0.15) is 53.6 Å². The van der Waals surface area contributed by atoms with Crippen molar-refractivity contribution in [1.82, 2.24) is 0 Å². The van der Waals surface area contributed by atoms with Gasteiger partial charge in [0.15, 0.2) is 17.5 Å². The summed E-state index contributed by atoms with van der Waals surface area (Å²) in [4.78, 5) is 51.7. The summed E-state index contributed by atoms with van der Waals surface area (Å²) in [6, 6.07) is 9.97. The Morgan fingerprint density at radius 3 is 2.54 bits per heavy atom. The molecular formula is C26H29N3O8. The molecule has 196 valence electrons. The third kappa shape index (κ3) is 7.79. The van der Waals surface area contributed by atoms with Crippen LogP contribution in [-0.4, -0.2) is 46.5 Å². The maximum absolute atomic E-state index is 13.1. The molecule has 1 heterocycles. The Hall–Kier alpha value is -4.41. The normalized spacial score (nSPS) is 14.0. The number of hydrogen-bond donors (Lipinski definition) is 4. The van der Waals surface area contributed by atoms with Crippen LogP contribution in [0.15, 0.2) is 41.4 Å². The van der Waals surface area contributed by atoms with Gasteiger partial charge in [-0.1, -0.05) is 12.1 Å². The number of para-hydroxylation sites is 1. The van der Waals surface area contributed by atoms with Gasteiger partial charge in [-0.25, -0.2) is 9.79 Å². The second kappa shape index (κ2) is 12.5. The van der Waals surface area contributed by atoms with Crippen LogP contribution in [0.5, 0.6) is 11.5 Å². The third-order valence-corrected chi connectivity index (χ3v) is 5.83. The van der Waals surface area contributed by atoms with Crippen LogP contribution in [0, 0.1) is 5.92 Å². The van der Waals surface area contributed by atoms with E-state index >= 15 is 0 Å². The first-order valence-corrected chi connectivity index (χ1v) is 11.8. The Morgan fingerprint density at radius 1 is 1.05 bits per heavy atom. The number of rotatable bonds is 9. The monoisotopic (exact) mass is 511 g/mol. The van der Waals surface area contributed by atoms with Crippen molar-refractivity contribution in [3.8, 4) is 11.5 Å². The minimum Gasteiger partial charge on any atom is -0.489 e. The van der Waals surface area contributed by atoms with Gasteiger partial charge in [-0.2, -0.15) is 0 Å². The summed E-state index contributed by atoms with van der Waals surface area (Å²) in [5.74, 6) is -4.42. The van der Waals surface area contributed by atoms with Crippen LogP contribution < -0.4 is 20.9 Å². The van der Waals surface area contributed by atoms with Gasteiger partial charge in [0.2, 0.25) is 0 Å². The molecule has 2 aromatic carbocycles. The lowest BCUT2D eigenvalue weighted by Gasteiger charge is -2.16. The molecule has 0 saturated carbocycles. The molecule has 0 aromatic heterocycles. The fourth-order valence-corrected chi connectivity index (χ4v) is 4.06. The standard InChI is InChI=1S/C26H29N3O8/c27-26(28)29-18-8-10-20-16(12-18)4-1-2-11-36-23-15(5-3-6-21(23)37-25(20)35)7-9-19(30)13-17(24(33)34)14-22(31)32/h3,5-6,8,10,12,17H,1-2,4,7,9,11,13-14H2,(H,31,32)(H,33,34)(H4,27,28,29). The number of nitrogens with zero attached hydrogens (tertiary/aromatic N) is 1. The number of Topliss-reactive ketones (excluding diaryl/α,β-unsaturated/α-hetero) is 1. The van der Waals surface area contributed by atoms with Crippen LogP contribution in [0.3, 0.4) is 0 Å². The molecule has 0 spiro atoms. The van der Waals surface area contributed by atoms with E-state index in [1.165, 1.54) is 0 Å². The van der Waals surface area contributed by atoms with Gasteiger partial charge in [0.05, 0.1) is 30.2 Å². The number of carboxylic acid groups (broad SMARTS) is 2. The Balaban J connectivity index is 1.80. The van der Waals surface area contributed by atoms with Gasteiger partial charge < -0.3 is 31.2 Å². The molecule has 0 fully saturated rings. The van der Waals surface area contributed by atoms with Crippen LogP contribution in [0.2, 0.25) is 0 Å². The van der Waals surface area contributed by atoms with Gasteiger partial charge in [-0.3, -0.25) is 14.4 Å². The van der Waals surface area contributed by atoms with E-state index < -0.39 is 30.2 Å². The Labute approximate surface area is 213 Å². The van der Waals surface area contributed by atoms with Crippen LogP contribution >= 0.6 is 0 Å². The number of ketones is 1. The topological polar surface area (TPSA) is 192 Å². The number of guanidine groups is 1. The van der Waals surface area contributed by atoms with Gasteiger partial charge in [0.1, 0.15) is 5.78 Å². The van der Waals surface area contributed by atoms with E-state index in [1.807, 2.05) is 0 Å². The average molecular weight is 512 g/mol. The zero-order valence-corrected chi connectivity index (χ0v) is 20.1. The average Bonchev–Trinajstić information content (AvgIpc) is 2.85. The molecule has 0 saturated heterocycles. The Kier molecular flexibility index (Phi) is 9.20. The summed E-state index contributed by atoms with van der Waals surface area (Å²) in [6.45, 7) is 0.345. The van der Waals surface area contributed by atoms with Crippen molar-refractivity contribution in [3.63, 3.8) is 0 Å². The van der Waals surface area contributed by atoms with Gasteiger partial charge >= 0.3 is 17.9 Å². The molecular weight excluding hydrogens is 482 g/mol. The van der Waals surface area contributed by atoms with Crippen LogP contribution in [-0.2, 0) is 27.2 Å². The number of aliphatic imine (C=N–C) groups is 1. The second-order valence-corrected chi connectivity index (χ2v) is 8.69. The van der Waals surface area contributed by atoms with E-state index in [9.17, 15) is 24.3 Å². The van der Waals surface area contributed by atoms with Crippen LogP contribution in [0.4, 0.5) is 5.69 Å².